The van der Waals surface area contributed by atoms with Crippen molar-refractivity contribution in [1.82, 2.24) is 9.78 Å². The summed E-state index contributed by atoms with van der Waals surface area (Å²) in [6.07, 6.45) is 1.48. The van der Waals surface area contributed by atoms with Gasteiger partial charge >= 0.3 is 0 Å². The lowest BCUT2D eigenvalue weighted by molar-refractivity contribution is 0.292. The summed E-state index contributed by atoms with van der Waals surface area (Å²) in [4.78, 5) is 12.3. The summed E-state index contributed by atoms with van der Waals surface area (Å²) < 4.78 is 8.01. The van der Waals surface area contributed by atoms with Crippen LogP contribution >= 0.6 is 43.5 Å². The monoisotopic (exact) mass is 462 g/mol. The first kappa shape index (κ1) is 18.5. The van der Waals surface area contributed by atoms with Crippen molar-refractivity contribution in [2.24, 2.45) is 0 Å². The number of alkyl halides is 1. The molecule has 0 aliphatic heterocycles. The van der Waals surface area contributed by atoms with E-state index in [9.17, 15) is 4.79 Å². The largest absolute Gasteiger partial charge is 0.485 e. The van der Waals surface area contributed by atoms with E-state index in [-0.39, 0.29) is 16.3 Å². The molecule has 0 bridgehead atoms. The fourth-order valence-corrected chi connectivity index (χ4v) is 3.56. The molecule has 0 fully saturated rings. The average Bonchev–Trinajstić information content (AvgIpc) is 2.47. The van der Waals surface area contributed by atoms with E-state index in [1.807, 2.05) is 39.0 Å². The average molecular weight is 465 g/mol. The van der Waals surface area contributed by atoms with Crippen molar-refractivity contribution in [2.75, 3.05) is 0 Å². The van der Waals surface area contributed by atoms with Crippen molar-refractivity contribution in [3.05, 3.63) is 55.4 Å². The highest BCUT2D eigenvalue weighted by molar-refractivity contribution is 9.10. The summed E-state index contributed by atoms with van der Waals surface area (Å²) in [5.74, 6) is 0.290. The summed E-state index contributed by atoms with van der Waals surface area (Å²) in [6.45, 7) is 5.98. The van der Waals surface area contributed by atoms with Gasteiger partial charge in [0.2, 0.25) is 0 Å². The number of benzene rings is 1. The molecular weight excluding hydrogens is 447 g/mol. The molecule has 23 heavy (non-hydrogen) atoms. The second-order valence-electron chi connectivity index (χ2n) is 6.06. The quantitative estimate of drug-likeness (QED) is 0.606. The van der Waals surface area contributed by atoms with Crippen LogP contribution in [0.25, 0.3) is 0 Å². The SMILES string of the molecule is CC(C)(C)n1ncc(OCc2ccc(CBr)c(Br)c2)c(Cl)c1=O. The van der Waals surface area contributed by atoms with Crippen LogP contribution in [0.2, 0.25) is 5.02 Å². The van der Waals surface area contributed by atoms with Gasteiger partial charge in [-0.15, -0.1) is 0 Å². The maximum Gasteiger partial charge on any atom is 0.289 e. The molecule has 0 amide bonds. The number of ether oxygens (including phenoxy) is 1. The number of hydrogen-bond acceptors (Lipinski definition) is 3. The van der Waals surface area contributed by atoms with Gasteiger partial charge in [-0.25, -0.2) is 4.68 Å². The van der Waals surface area contributed by atoms with Gasteiger partial charge in [-0.1, -0.05) is 55.6 Å². The Morgan fingerprint density at radius 3 is 2.61 bits per heavy atom. The molecule has 0 saturated carbocycles. The van der Waals surface area contributed by atoms with Gasteiger partial charge in [0.05, 0.1) is 11.7 Å². The van der Waals surface area contributed by atoms with Crippen molar-refractivity contribution < 1.29 is 4.74 Å². The molecule has 124 valence electrons. The van der Waals surface area contributed by atoms with Crippen molar-refractivity contribution in [3.63, 3.8) is 0 Å². The fraction of sp³-hybridized carbons (Fsp3) is 0.375. The molecule has 2 aromatic rings. The third-order valence-corrected chi connectivity index (χ3v) is 4.87. The zero-order valence-electron chi connectivity index (χ0n) is 13.1. The van der Waals surface area contributed by atoms with Crippen LogP contribution in [-0.2, 0) is 17.5 Å². The molecule has 0 unspecified atom stereocenters. The Labute approximate surface area is 157 Å². The molecule has 4 nitrogen and oxygen atoms in total. The molecule has 1 heterocycles. The third kappa shape index (κ3) is 4.37. The first-order chi connectivity index (χ1) is 10.7. The van der Waals surface area contributed by atoms with Crippen LogP contribution in [0.4, 0.5) is 0 Å². The number of hydrogen-bond donors (Lipinski definition) is 0. The molecule has 2 rings (SSSR count). The molecule has 0 radical (unpaired) electrons. The second-order valence-corrected chi connectivity index (χ2v) is 7.85. The first-order valence-electron chi connectivity index (χ1n) is 6.98. The van der Waals surface area contributed by atoms with Crippen LogP contribution in [0.15, 0.2) is 33.7 Å². The molecule has 0 aliphatic carbocycles. The Hall–Kier alpha value is -0.850. The highest BCUT2D eigenvalue weighted by atomic mass is 79.9. The van der Waals surface area contributed by atoms with Gasteiger partial charge in [-0.2, -0.15) is 5.10 Å². The van der Waals surface area contributed by atoms with Crippen LogP contribution in [0.5, 0.6) is 5.75 Å². The minimum absolute atomic E-state index is 0.0473. The number of aromatic nitrogens is 2. The van der Waals surface area contributed by atoms with Crippen molar-refractivity contribution in [3.8, 4) is 5.75 Å². The number of rotatable bonds is 4. The van der Waals surface area contributed by atoms with Gasteiger partial charge in [0, 0.05) is 9.80 Å². The Kier molecular flexibility index (Phi) is 5.92. The lowest BCUT2D eigenvalue weighted by atomic mass is 10.1. The van der Waals surface area contributed by atoms with E-state index < -0.39 is 5.54 Å². The molecule has 1 aromatic heterocycles. The molecule has 1 aromatic carbocycles. The van der Waals surface area contributed by atoms with Gasteiger partial charge in [0.1, 0.15) is 6.61 Å². The maximum absolute atomic E-state index is 12.3. The molecule has 0 atom stereocenters. The van der Waals surface area contributed by atoms with Crippen LogP contribution in [0.1, 0.15) is 31.9 Å². The molecule has 0 spiro atoms. The Bertz CT molecular complexity index is 770. The molecule has 0 N–H and O–H groups in total. The van der Waals surface area contributed by atoms with E-state index in [4.69, 9.17) is 16.3 Å². The summed E-state index contributed by atoms with van der Waals surface area (Å²) in [5, 5.41) is 4.97. The summed E-state index contributed by atoms with van der Waals surface area (Å²) in [6, 6.07) is 5.96. The van der Waals surface area contributed by atoms with Crippen LogP contribution in [0, 0.1) is 0 Å². The highest BCUT2D eigenvalue weighted by Crippen LogP contribution is 2.24. The third-order valence-electron chi connectivity index (χ3n) is 3.18. The standard InChI is InChI=1S/C16H17Br2ClN2O2/c1-16(2,3)21-15(22)14(19)13(8-20-21)23-9-10-4-5-11(7-17)12(18)6-10/h4-6,8H,7,9H2,1-3H3. The Morgan fingerprint density at radius 2 is 2.04 bits per heavy atom. The molecule has 0 saturated heterocycles. The van der Waals surface area contributed by atoms with Crippen LogP contribution in [-0.4, -0.2) is 9.78 Å². The van der Waals surface area contributed by atoms with Gasteiger partial charge in [-0.05, 0) is 38.0 Å². The normalized spacial score (nSPS) is 11.6. The van der Waals surface area contributed by atoms with Crippen molar-refractivity contribution >= 4 is 43.5 Å². The van der Waals surface area contributed by atoms with Gasteiger partial charge in [0.25, 0.3) is 5.56 Å². The lowest BCUT2D eigenvalue weighted by Crippen LogP contribution is -2.36. The van der Waals surface area contributed by atoms with Gasteiger partial charge in [0.15, 0.2) is 10.8 Å². The van der Waals surface area contributed by atoms with Gasteiger partial charge < -0.3 is 4.74 Å². The summed E-state index contributed by atoms with van der Waals surface area (Å²) in [7, 11) is 0. The summed E-state index contributed by atoms with van der Waals surface area (Å²) in [5.41, 5.74) is 1.33. The lowest BCUT2D eigenvalue weighted by Gasteiger charge is -2.21. The van der Waals surface area contributed by atoms with Crippen molar-refractivity contribution in [1.29, 1.82) is 0 Å². The topological polar surface area (TPSA) is 44.1 Å². The van der Waals surface area contributed by atoms with E-state index in [0.29, 0.717) is 6.61 Å². The maximum atomic E-state index is 12.3. The minimum Gasteiger partial charge on any atom is -0.485 e. The van der Waals surface area contributed by atoms with E-state index in [1.165, 1.54) is 10.9 Å². The Balaban J connectivity index is 2.20. The number of halogens is 3. The van der Waals surface area contributed by atoms with Gasteiger partial charge in [-0.3, -0.25) is 4.79 Å². The smallest absolute Gasteiger partial charge is 0.289 e. The minimum atomic E-state index is -0.435. The first-order valence-corrected chi connectivity index (χ1v) is 9.27. The second kappa shape index (κ2) is 7.36. The Morgan fingerprint density at radius 1 is 1.35 bits per heavy atom. The molecule has 0 aliphatic rings. The van der Waals surface area contributed by atoms with Crippen LogP contribution in [0.3, 0.4) is 0 Å². The highest BCUT2D eigenvalue weighted by Gasteiger charge is 2.20. The molecular formula is C16H17Br2ClN2O2. The van der Waals surface area contributed by atoms with E-state index >= 15 is 0 Å². The zero-order chi connectivity index (χ0) is 17.2. The predicted molar refractivity (Wildman–Crippen MR) is 99.6 cm³/mol. The zero-order valence-corrected chi connectivity index (χ0v) is 17.0. The predicted octanol–water partition coefficient (Wildman–Crippen LogP) is 4.89. The number of nitrogens with zero attached hydrogens (tertiary/aromatic N) is 2. The fourth-order valence-electron chi connectivity index (χ4n) is 1.95. The van der Waals surface area contributed by atoms with Crippen LogP contribution < -0.4 is 10.3 Å². The van der Waals surface area contributed by atoms with Crippen molar-refractivity contribution in [2.45, 2.75) is 38.2 Å². The molecule has 7 heteroatoms. The summed E-state index contributed by atoms with van der Waals surface area (Å²) >= 11 is 13.1. The van der Waals surface area contributed by atoms with E-state index in [2.05, 4.69) is 37.0 Å². The van der Waals surface area contributed by atoms with E-state index in [0.717, 1.165) is 20.9 Å². The van der Waals surface area contributed by atoms with E-state index in [1.54, 1.807) is 0 Å².